The van der Waals surface area contributed by atoms with E-state index < -0.39 is 0 Å². The summed E-state index contributed by atoms with van der Waals surface area (Å²) in [6.45, 7) is 7.87. The van der Waals surface area contributed by atoms with Gasteiger partial charge in [-0.2, -0.15) is 0 Å². The summed E-state index contributed by atoms with van der Waals surface area (Å²) in [5.74, 6) is 5.76. The molecular weight excluding hydrogens is 238 g/mol. The molecule has 1 rings (SSSR count). The lowest BCUT2D eigenvalue weighted by Crippen LogP contribution is -2.36. The number of rotatable bonds is 3. The van der Waals surface area contributed by atoms with Crippen molar-refractivity contribution in [2.24, 2.45) is 5.92 Å². The van der Waals surface area contributed by atoms with Gasteiger partial charge < -0.3 is 10.4 Å². The van der Waals surface area contributed by atoms with Gasteiger partial charge in [-0.25, -0.2) is 0 Å². The smallest absolute Gasteiger partial charge is 0.251 e. The normalized spacial score (nSPS) is 11.7. The van der Waals surface area contributed by atoms with Gasteiger partial charge in [0, 0.05) is 17.2 Å². The molecule has 1 amide bonds. The van der Waals surface area contributed by atoms with Crippen molar-refractivity contribution in [3.63, 3.8) is 0 Å². The number of aliphatic hydroxyl groups excluding tert-OH is 1. The van der Waals surface area contributed by atoms with E-state index in [1.165, 1.54) is 0 Å². The summed E-state index contributed by atoms with van der Waals surface area (Å²) in [5, 5.41) is 11.7. The molecule has 0 spiro atoms. The summed E-state index contributed by atoms with van der Waals surface area (Å²) in [4.78, 5) is 12.1. The predicted molar refractivity (Wildman–Crippen MR) is 76.9 cm³/mol. The Labute approximate surface area is 115 Å². The summed E-state index contributed by atoms with van der Waals surface area (Å²) in [6.07, 6.45) is 0. The topological polar surface area (TPSA) is 49.3 Å². The molecule has 0 bridgehead atoms. The fraction of sp³-hybridized carbons (Fsp3) is 0.438. The molecule has 0 aliphatic heterocycles. The Kier molecular flexibility index (Phi) is 5.59. The maximum atomic E-state index is 12.1. The Morgan fingerprint density at radius 1 is 1.37 bits per heavy atom. The lowest BCUT2D eigenvalue weighted by Gasteiger charge is -2.17. The third-order valence-corrected chi connectivity index (χ3v) is 3.16. The predicted octanol–water partition coefficient (Wildman–Crippen LogP) is 2.11. The van der Waals surface area contributed by atoms with Crippen molar-refractivity contribution >= 4 is 5.91 Å². The Balaban J connectivity index is 2.92. The molecule has 1 unspecified atom stereocenters. The van der Waals surface area contributed by atoms with Gasteiger partial charge in [0.25, 0.3) is 5.91 Å². The van der Waals surface area contributed by atoms with Crippen LogP contribution in [0, 0.1) is 24.7 Å². The van der Waals surface area contributed by atoms with Crippen molar-refractivity contribution in [3.8, 4) is 11.8 Å². The summed E-state index contributed by atoms with van der Waals surface area (Å²) >= 11 is 0. The van der Waals surface area contributed by atoms with Crippen LogP contribution in [0.2, 0.25) is 0 Å². The summed E-state index contributed by atoms with van der Waals surface area (Å²) in [5.41, 5.74) is 2.37. The zero-order valence-corrected chi connectivity index (χ0v) is 11.9. The highest BCUT2D eigenvalue weighted by Gasteiger charge is 2.13. The van der Waals surface area contributed by atoms with E-state index in [0.717, 1.165) is 11.1 Å². The molecule has 0 fully saturated rings. The summed E-state index contributed by atoms with van der Waals surface area (Å²) in [6, 6.07) is 5.55. The Morgan fingerprint density at radius 3 is 2.63 bits per heavy atom. The van der Waals surface area contributed by atoms with Crippen LogP contribution in [0.3, 0.4) is 0 Å². The van der Waals surface area contributed by atoms with E-state index in [2.05, 4.69) is 31.0 Å². The van der Waals surface area contributed by atoms with E-state index in [0.29, 0.717) is 11.5 Å². The number of hydrogen-bond donors (Lipinski definition) is 2. The standard InChI is InChI=1S/C16H21NO2/c1-11(2)13(4)17-16(19)15-8-7-12(3)14(10-15)6-5-9-18/h7-8,10-11,13,18H,9H2,1-4H3,(H,17,19). The van der Waals surface area contributed by atoms with Gasteiger partial charge in [0.15, 0.2) is 0 Å². The number of hydrogen-bond acceptors (Lipinski definition) is 2. The summed E-state index contributed by atoms with van der Waals surface area (Å²) < 4.78 is 0. The van der Waals surface area contributed by atoms with E-state index in [4.69, 9.17) is 5.11 Å². The van der Waals surface area contributed by atoms with E-state index in [-0.39, 0.29) is 18.6 Å². The van der Waals surface area contributed by atoms with E-state index in [9.17, 15) is 4.79 Å². The quantitative estimate of drug-likeness (QED) is 0.817. The molecule has 19 heavy (non-hydrogen) atoms. The maximum Gasteiger partial charge on any atom is 0.251 e. The van der Waals surface area contributed by atoms with Gasteiger partial charge in [-0.3, -0.25) is 4.79 Å². The molecule has 102 valence electrons. The van der Waals surface area contributed by atoms with Gasteiger partial charge in [0.05, 0.1) is 0 Å². The molecule has 0 radical (unpaired) electrons. The van der Waals surface area contributed by atoms with Crippen molar-refractivity contribution in [1.82, 2.24) is 5.32 Å². The number of carbonyl (C=O) groups excluding carboxylic acids is 1. The molecule has 0 saturated carbocycles. The third kappa shape index (κ3) is 4.42. The molecule has 0 aliphatic rings. The van der Waals surface area contributed by atoms with Gasteiger partial charge in [0.2, 0.25) is 0 Å². The zero-order valence-electron chi connectivity index (χ0n) is 11.9. The van der Waals surface area contributed by atoms with Crippen LogP contribution in [0.1, 0.15) is 42.3 Å². The SMILES string of the molecule is Cc1ccc(C(=O)NC(C)C(C)C)cc1C#CCO. The number of aliphatic hydroxyl groups is 1. The number of nitrogens with one attached hydrogen (secondary N) is 1. The van der Waals surface area contributed by atoms with E-state index >= 15 is 0 Å². The minimum atomic E-state index is -0.180. The second kappa shape index (κ2) is 6.96. The van der Waals surface area contributed by atoms with E-state index in [1.54, 1.807) is 12.1 Å². The monoisotopic (exact) mass is 259 g/mol. The Morgan fingerprint density at radius 2 is 2.05 bits per heavy atom. The molecule has 1 atom stereocenters. The van der Waals surface area contributed by atoms with Gasteiger partial charge in [-0.15, -0.1) is 0 Å². The molecule has 0 aliphatic carbocycles. The highest BCUT2D eigenvalue weighted by atomic mass is 16.2. The van der Waals surface area contributed by atoms with Crippen LogP contribution >= 0.6 is 0 Å². The van der Waals surface area contributed by atoms with Crippen LogP contribution < -0.4 is 5.32 Å². The van der Waals surface area contributed by atoms with Crippen LogP contribution in [0.5, 0.6) is 0 Å². The molecule has 0 heterocycles. The van der Waals surface area contributed by atoms with Crippen LogP contribution in [0.15, 0.2) is 18.2 Å². The molecule has 1 aromatic rings. The number of benzene rings is 1. The van der Waals surface area contributed by atoms with Gasteiger partial charge >= 0.3 is 0 Å². The largest absolute Gasteiger partial charge is 0.384 e. The number of carbonyl (C=O) groups is 1. The maximum absolute atomic E-state index is 12.1. The zero-order chi connectivity index (χ0) is 14.4. The third-order valence-electron chi connectivity index (χ3n) is 3.16. The van der Waals surface area contributed by atoms with Gasteiger partial charge in [0.1, 0.15) is 6.61 Å². The van der Waals surface area contributed by atoms with Crippen molar-refractivity contribution in [2.45, 2.75) is 33.7 Å². The molecule has 1 aromatic carbocycles. The number of amides is 1. The lowest BCUT2D eigenvalue weighted by atomic mass is 10.0. The highest BCUT2D eigenvalue weighted by molar-refractivity contribution is 5.94. The van der Waals surface area contributed by atoms with Crippen LogP contribution in [-0.2, 0) is 0 Å². The first-order chi connectivity index (χ1) is 8.95. The first-order valence-corrected chi connectivity index (χ1v) is 6.47. The second-order valence-electron chi connectivity index (χ2n) is 5.00. The average molecular weight is 259 g/mol. The van der Waals surface area contributed by atoms with Crippen molar-refractivity contribution in [2.75, 3.05) is 6.61 Å². The molecule has 0 saturated heterocycles. The van der Waals surface area contributed by atoms with Gasteiger partial charge in [-0.1, -0.05) is 31.8 Å². The molecule has 0 aromatic heterocycles. The minimum Gasteiger partial charge on any atom is -0.384 e. The van der Waals surface area contributed by atoms with E-state index in [1.807, 2.05) is 19.9 Å². The average Bonchev–Trinajstić information content (AvgIpc) is 2.37. The summed E-state index contributed by atoms with van der Waals surface area (Å²) in [7, 11) is 0. The van der Waals surface area contributed by atoms with Crippen molar-refractivity contribution in [1.29, 1.82) is 0 Å². The number of aryl methyl sites for hydroxylation is 1. The minimum absolute atomic E-state index is 0.0896. The second-order valence-corrected chi connectivity index (χ2v) is 5.00. The van der Waals surface area contributed by atoms with Crippen molar-refractivity contribution in [3.05, 3.63) is 34.9 Å². The fourth-order valence-electron chi connectivity index (χ4n) is 1.49. The molecular formula is C16H21NO2. The fourth-order valence-corrected chi connectivity index (χ4v) is 1.49. The molecule has 3 nitrogen and oxygen atoms in total. The molecule has 3 heteroatoms. The van der Waals surface area contributed by atoms with Gasteiger partial charge in [-0.05, 0) is 37.5 Å². The first-order valence-electron chi connectivity index (χ1n) is 6.47. The van der Waals surface area contributed by atoms with Crippen molar-refractivity contribution < 1.29 is 9.90 Å². The van der Waals surface area contributed by atoms with Crippen LogP contribution in [0.4, 0.5) is 0 Å². The Bertz CT molecular complexity index is 509. The van der Waals surface area contributed by atoms with Crippen LogP contribution in [-0.4, -0.2) is 23.7 Å². The molecule has 2 N–H and O–H groups in total. The highest BCUT2D eigenvalue weighted by Crippen LogP contribution is 2.11. The first kappa shape index (κ1) is 15.3. The van der Waals surface area contributed by atoms with Crippen LogP contribution in [0.25, 0.3) is 0 Å². The lowest BCUT2D eigenvalue weighted by molar-refractivity contribution is 0.0930. The Hall–Kier alpha value is -1.79.